The van der Waals surface area contributed by atoms with Gasteiger partial charge in [-0.15, -0.1) is 0 Å². The molecule has 1 saturated heterocycles. The van der Waals surface area contributed by atoms with E-state index < -0.39 is 34.7 Å². The average molecular weight is 561 g/mol. The number of aryl methyl sites for hydroxylation is 1. The highest BCUT2D eigenvalue weighted by molar-refractivity contribution is 8.00. The fourth-order valence-corrected chi connectivity index (χ4v) is 7.84. The van der Waals surface area contributed by atoms with E-state index in [1.807, 2.05) is 31.2 Å². The monoisotopic (exact) mass is 560 g/mol. The summed E-state index contributed by atoms with van der Waals surface area (Å²) in [7, 11) is 0. The third-order valence-electron chi connectivity index (χ3n) is 6.90. The van der Waals surface area contributed by atoms with Crippen LogP contribution in [0.15, 0.2) is 82.9 Å². The van der Waals surface area contributed by atoms with E-state index in [1.165, 1.54) is 28.8 Å². The molecular weight excluding hydrogens is 539 g/mol. The van der Waals surface area contributed by atoms with Crippen molar-refractivity contribution < 1.29 is 18.8 Å². The number of benzene rings is 2. The predicted octanol–water partition coefficient (Wildman–Crippen LogP) is 4.19. The Kier molecular flexibility index (Phi) is 6.40. The molecule has 3 amide bonds. The van der Waals surface area contributed by atoms with Gasteiger partial charge in [0.1, 0.15) is 17.6 Å². The maximum Gasteiger partial charge on any atom is 0.308 e. The van der Waals surface area contributed by atoms with Crippen molar-refractivity contribution in [2.45, 2.75) is 29.7 Å². The van der Waals surface area contributed by atoms with Gasteiger partial charge in [-0.25, -0.2) is 9.29 Å². The first-order chi connectivity index (χ1) is 18.8. The zero-order valence-corrected chi connectivity index (χ0v) is 22.2. The van der Waals surface area contributed by atoms with Gasteiger partial charge in [-0.1, -0.05) is 47.4 Å². The molecule has 3 unspecified atom stereocenters. The SMILES string of the molecule is Cc1ccccc1NC(=O)Cn1c2c(sc1=O)C(c1cccnc1)C1C(=O)N(c3ccc(F)cc3)C(=O)C1S2. The minimum absolute atomic E-state index is 0.243. The molecule has 4 heterocycles. The number of pyridine rings is 1. The standard InChI is InChI=1S/C28H21FN4O4S2/c1-15-5-2-3-7-19(15)31-20(34)14-32-27-24(39-28(32)37)21(16-6-4-12-30-13-16)22-23(38-27)26(36)33(25(22)35)18-10-8-17(29)9-11-18/h2-13,21-23H,14H2,1H3,(H,31,34). The van der Waals surface area contributed by atoms with Crippen molar-refractivity contribution in [1.29, 1.82) is 0 Å². The summed E-state index contributed by atoms with van der Waals surface area (Å²) in [5.41, 5.74) is 2.50. The second-order valence-electron chi connectivity index (χ2n) is 9.30. The topological polar surface area (TPSA) is 101 Å². The molecule has 39 heavy (non-hydrogen) atoms. The Hall–Kier alpha value is -4.09. The summed E-state index contributed by atoms with van der Waals surface area (Å²) in [6, 6.07) is 16.1. The summed E-state index contributed by atoms with van der Waals surface area (Å²) >= 11 is 2.09. The lowest BCUT2D eigenvalue weighted by Gasteiger charge is -2.30. The van der Waals surface area contributed by atoms with E-state index in [9.17, 15) is 23.6 Å². The zero-order chi connectivity index (χ0) is 27.3. The highest BCUT2D eigenvalue weighted by atomic mass is 32.2. The maximum atomic E-state index is 13.8. The Labute approximate surface area is 230 Å². The molecule has 4 aromatic rings. The van der Waals surface area contributed by atoms with E-state index in [1.54, 1.807) is 24.5 Å². The lowest BCUT2D eigenvalue weighted by molar-refractivity contribution is -0.122. The smallest absolute Gasteiger partial charge is 0.308 e. The Morgan fingerprint density at radius 1 is 1.03 bits per heavy atom. The second-order valence-corrected chi connectivity index (χ2v) is 11.4. The third kappa shape index (κ3) is 4.37. The van der Waals surface area contributed by atoms with Crippen LogP contribution in [0.2, 0.25) is 0 Å². The van der Waals surface area contributed by atoms with Crippen LogP contribution in [0.1, 0.15) is 21.9 Å². The first-order valence-electron chi connectivity index (χ1n) is 12.1. The lowest BCUT2D eigenvalue weighted by Crippen LogP contribution is -2.33. The molecule has 0 saturated carbocycles. The van der Waals surface area contributed by atoms with Crippen molar-refractivity contribution >= 4 is 52.2 Å². The predicted molar refractivity (Wildman–Crippen MR) is 146 cm³/mol. The first-order valence-corrected chi connectivity index (χ1v) is 13.8. The van der Waals surface area contributed by atoms with Crippen molar-refractivity contribution in [2.24, 2.45) is 5.92 Å². The van der Waals surface area contributed by atoms with Gasteiger partial charge in [0.05, 0.1) is 16.6 Å². The van der Waals surface area contributed by atoms with Gasteiger partial charge in [0.15, 0.2) is 0 Å². The molecule has 11 heteroatoms. The number of anilines is 2. The van der Waals surface area contributed by atoms with Gasteiger partial charge in [0, 0.05) is 28.9 Å². The molecule has 2 aliphatic heterocycles. The van der Waals surface area contributed by atoms with E-state index in [4.69, 9.17) is 0 Å². The second kappa shape index (κ2) is 9.90. The lowest BCUT2D eigenvalue weighted by atomic mass is 9.84. The van der Waals surface area contributed by atoms with E-state index in [0.717, 1.165) is 33.6 Å². The quantitative estimate of drug-likeness (QED) is 0.368. The summed E-state index contributed by atoms with van der Waals surface area (Å²) in [5, 5.41) is 2.50. The summed E-state index contributed by atoms with van der Waals surface area (Å²) in [5.74, 6) is -3.14. The number of thioether (sulfide) groups is 1. The summed E-state index contributed by atoms with van der Waals surface area (Å²) < 4.78 is 14.9. The zero-order valence-electron chi connectivity index (χ0n) is 20.5. The molecular formula is C28H21FN4O4S2. The van der Waals surface area contributed by atoms with Crippen LogP contribution in [0.4, 0.5) is 15.8 Å². The van der Waals surface area contributed by atoms with E-state index in [0.29, 0.717) is 21.2 Å². The fraction of sp³-hybridized carbons (Fsp3) is 0.179. The molecule has 0 aliphatic carbocycles. The van der Waals surface area contributed by atoms with Crippen LogP contribution >= 0.6 is 23.1 Å². The van der Waals surface area contributed by atoms with Crippen LogP contribution < -0.4 is 15.1 Å². The molecule has 196 valence electrons. The van der Waals surface area contributed by atoms with Gasteiger partial charge in [-0.2, -0.15) is 0 Å². The number of carbonyl (C=O) groups is 3. The van der Waals surface area contributed by atoms with Gasteiger partial charge in [-0.05, 0) is 54.4 Å². The minimum atomic E-state index is -0.833. The summed E-state index contributed by atoms with van der Waals surface area (Å²) in [6.07, 6.45) is 3.23. The molecule has 0 spiro atoms. The van der Waals surface area contributed by atoms with Gasteiger partial charge in [-0.3, -0.25) is 28.7 Å². The number of amides is 3. The normalized spacial score (nSPS) is 20.1. The highest BCUT2D eigenvalue weighted by Gasteiger charge is 2.56. The van der Waals surface area contributed by atoms with Crippen LogP contribution in [0, 0.1) is 18.7 Å². The average Bonchev–Trinajstić information content (AvgIpc) is 3.37. The number of aromatic nitrogens is 2. The number of nitrogens with one attached hydrogen (secondary N) is 1. The van der Waals surface area contributed by atoms with Crippen molar-refractivity contribution in [3.05, 3.63) is 105 Å². The Balaban J connectivity index is 1.40. The van der Waals surface area contributed by atoms with Crippen LogP contribution in [0.25, 0.3) is 0 Å². The van der Waals surface area contributed by atoms with Crippen LogP contribution in [0.3, 0.4) is 0 Å². The largest absolute Gasteiger partial charge is 0.324 e. The number of hydrogen-bond donors (Lipinski definition) is 1. The highest BCUT2D eigenvalue weighted by Crippen LogP contribution is 2.53. The van der Waals surface area contributed by atoms with E-state index >= 15 is 0 Å². The van der Waals surface area contributed by atoms with Gasteiger partial charge >= 0.3 is 4.87 Å². The number of fused-ring (bicyclic) bond motifs is 2. The molecule has 6 rings (SSSR count). The molecule has 0 radical (unpaired) electrons. The van der Waals surface area contributed by atoms with Crippen LogP contribution in [-0.4, -0.2) is 32.5 Å². The number of thiazole rings is 1. The number of rotatable bonds is 5. The van der Waals surface area contributed by atoms with Crippen molar-refractivity contribution in [3.8, 4) is 0 Å². The fourth-order valence-electron chi connectivity index (χ4n) is 5.07. The van der Waals surface area contributed by atoms with Crippen molar-refractivity contribution in [3.63, 3.8) is 0 Å². The van der Waals surface area contributed by atoms with Gasteiger partial charge in [0.2, 0.25) is 17.7 Å². The molecule has 0 bridgehead atoms. The van der Waals surface area contributed by atoms with Gasteiger partial charge < -0.3 is 5.32 Å². The van der Waals surface area contributed by atoms with E-state index in [-0.39, 0.29) is 23.0 Å². The third-order valence-corrected chi connectivity index (χ3v) is 9.50. The maximum absolute atomic E-state index is 13.8. The number of hydrogen-bond acceptors (Lipinski definition) is 7. The molecule has 3 atom stereocenters. The molecule has 2 aliphatic rings. The Morgan fingerprint density at radius 3 is 2.51 bits per heavy atom. The number of para-hydroxylation sites is 1. The number of nitrogens with zero attached hydrogens (tertiary/aromatic N) is 3. The van der Waals surface area contributed by atoms with Gasteiger partial charge in [0.25, 0.3) is 0 Å². The van der Waals surface area contributed by atoms with Crippen LogP contribution in [0.5, 0.6) is 0 Å². The summed E-state index contributed by atoms with van der Waals surface area (Å²) in [4.78, 5) is 59.2. The molecule has 1 N–H and O–H groups in total. The van der Waals surface area contributed by atoms with Crippen molar-refractivity contribution in [1.82, 2.24) is 9.55 Å². The van der Waals surface area contributed by atoms with Crippen molar-refractivity contribution in [2.75, 3.05) is 10.2 Å². The minimum Gasteiger partial charge on any atom is -0.324 e. The molecule has 2 aromatic heterocycles. The number of halogens is 1. The van der Waals surface area contributed by atoms with E-state index in [2.05, 4.69) is 10.3 Å². The molecule has 1 fully saturated rings. The first kappa shape index (κ1) is 25.2. The number of carbonyl (C=O) groups excluding carboxylic acids is 3. The molecule has 2 aromatic carbocycles. The summed E-state index contributed by atoms with van der Waals surface area (Å²) in [6.45, 7) is 1.63. The Bertz CT molecular complexity index is 1670. The number of imide groups is 1. The molecule has 8 nitrogen and oxygen atoms in total. The van der Waals surface area contributed by atoms with Crippen LogP contribution in [-0.2, 0) is 20.9 Å². The Morgan fingerprint density at radius 2 is 1.79 bits per heavy atom.